The van der Waals surface area contributed by atoms with Gasteiger partial charge in [0.2, 0.25) is 5.91 Å². The Morgan fingerprint density at radius 1 is 1.20 bits per heavy atom. The van der Waals surface area contributed by atoms with Gasteiger partial charge in [-0.25, -0.2) is 4.98 Å². The molecule has 7 heteroatoms. The fourth-order valence-corrected chi connectivity index (χ4v) is 5.32. The van der Waals surface area contributed by atoms with Crippen LogP contribution in [0.4, 0.5) is 5.13 Å². The van der Waals surface area contributed by atoms with Gasteiger partial charge in [0.25, 0.3) is 5.56 Å². The summed E-state index contributed by atoms with van der Waals surface area (Å²) in [6, 6.07) is 7.68. The number of hydrogen-bond acceptors (Lipinski definition) is 5. The molecule has 158 valence electrons. The van der Waals surface area contributed by atoms with E-state index in [1.54, 1.807) is 6.20 Å². The molecule has 2 aromatic heterocycles. The Labute approximate surface area is 179 Å². The number of rotatable bonds is 3. The zero-order chi connectivity index (χ0) is 21.7. The minimum Gasteiger partial charge on any atom is -0.370 e. The Kier molecular flexibility index (Phi) is 5.06. The van der Waals surface area contributed by atoms with E-state index in [1.807, 2.05) is 58.9 Å². The molecule has 1 aliphatic heterocycles. The molecular formula is C23H27N3O3S. The van der Waals surface area contributed by atoms with Gasteiger partial charge in [-0.2, -0.15) is 0 Å². The molecule has 1 amide bonds. The smallest absolute Gasteiger partial charge is 0.256 e. The molecule has 0 saturated carbocycles. The quantitative estimate of drug-likeness (QED) is 0.626. The van der Waals surface area contributed by atoms with Crippen molar-refractivity contribution in [2.24, 2.45) is 5.92 Å². The number of amides is 1. The van der Waals surface area contributed by atoms with Crippen molar-refractivity contribution < 1.29 is 9.53 Å². The second-order valence-electron chi connectivity index (χ2n) is 9.33. The first-order valence-corrected chi connectivity index (χ1v) is 10.9. The minimum absolute atomic E-state index is 0.0129. The number of anilines is 1. The molecule has 0 atom stereocenters. The van der Waals surface area contributed by atoms with E-state index in [9.17, 15) is 9.59 Å². The maximum atomic E-state index is 12.9. The number of benzene rings is 1. The molecule has 0 radical (unpaired) electrons. The van der Waals surface area contributed by atoms with Gasteiger partial charge in [0, 0.05) is 23.2 Å². The molecule has 6 nitrogen and oxygen atoms in total. The van der Waals surface area contributed by atoms with Gasteiger partial charge in [0.1, 0.15) is 0 Å². The summed E-state index contributed by atoms with van der Waals surface area (Å²) in [4.78, 5) is 33.2. The highest BCUT2D eigenvalue weighted by Crippen LogP contribution is 2.39. The molecule has 1 saturated heterocycles. The van der Waals surface area contributed by atoms with Crippen molar-refractivity contribution in [3.63, 3.8) is 0 Å². The number of aromatic amines is 1. The van der Waals surface area contributed by atoms with Crippen molar-refractivity contribution in [3.05, 3.63) is 46.5 Å². The lowest BCUT2D eigenvalue weighted by molar-refractivity contribution is -0.176. The first kappa shape index (κ1) is 20.8. The second-order valence-corrected chi connectivity index (χ2v) is 10.4. The molecule has 3 heterocycles. The summed E-state index contributed by atoms with van der Waals surface area (Å²) < 4.78 is 6.09. The van der Waals surface area contributed by atoms with Gasteiger partial charge < -0.3 is 15.0 Å². The van der Waals surface area contributed by atoms with Crippen molar-refractivity contribution in [3.8, 4) is 10.4 Å². The summed E-state index contributed by atoms with van der Waals surface area (Å²) >= 11 is 1.43. The molecule has 4 rings (SSSR count). The van der Waals surface area contributed by atoms with Crippen molar-refractivity contribution in [1.29, 1.82) is 0 Å². The highest BCUT2D eigenvalue weighted by Gasteiger charge is 2.42. The van der Waals surface area contributed by atoms with Crippen molar-refractivity contribution in [1.82, 2.24) is 9.97 Å². The van der Waals surface area contributed by atoms with Gasteiger partial charge in [-0.1, -0.05) is 17.4 Å². The lowest BCUT2D eigenvalue weighted by atomic mass is 9.80. The topological polar surface area (TPSA) is 84.1 Å². The van der Waals surface area contributed by atoms with Gasteiger partial charge in [-0.15, -0.1) is 0 Å². The number of hydrogen-bond donors (Lipinski definition) is 2. The molecule has 0 aliphatic carbocycles. The summed E-state index contributed by atoms with van der Waals surface area (Å²) in [6.07, 6.45) is 3.12. The van der Waals surface area contributed by atoms with Crippen LogP contribution in [0.1, 0.15) is 46.2 Å². The molecular weight excluding hydrogens is 398 g/mol. The predicted molar refractivity (Wildman–Crippen MR) is 121 cm³/mol. The highest BCUT2D eigenvalue weighted by molar-refractivity contribution is 7.19. The summed E-state index contributed by atoms with van der Waals surface area (Å²) in [5.41, 5.74) is 1.04. The fourth-order valence-electron chi connectivity index (χ4n) is 4.51. The van der Waals surface area contributed by atoms with Crippen LogP contribution < -0.4 is 10.9 Å². The Morgan fingerprint density at radius 2 is 1.90 bits per heavy atom. The molecule has 30 heavy (non-hydrogen) atoms. The van der Waals surface area contributed by atoms with E-state index >= 15 is 0 Å². The van der Waals surface area contributed by atoms with E-state index in [-0.39, 0.29) is 28.6 Å². The molecule has 0 bridgehead atoms. The number of aromatic nitrogens is 2. The van der Waals surface area contributed by atoms with E-state index in [2.05, 4.69) is 15.3 Å². The van der Waals surface area contributed by atoms with Crippen LogP contribution in [0.15, 0.2) is 35.3 Å². The molecule has 1 fully saturated rings. The highest BCUT2D eigenvalue weighted by atomic mass is 32.1. The first-order valence-electron chi connectivity index (χ1n) is 10.1. The SMILES string of the molecule is Cc1cc2cc(-c3cnc(NC(=O)C4CC(C)(C)OC(C)(C)C4)s3)ccc2c(=O)[nH]1. The first-order chi connectivity index (χ1) is 14.0. The lowest BCUT2D eigenvalue weighted by Gasteiger charge is -2.44. The van der Waals surface area contributed by atoms with Crippen LogP contribution in [0.3, 0.4) is 0 Å². The van der Waals surface area contributed by atoms with Gasteiger partial charge in [0.05, 0.1) is 16.1 Å². The third-order valence-electron chi connectivity index (χ3n) is 5.40. The van der Waals surface area contributed by atoms with E-state index in [0.717, 1.165) is 21.5 Å². The molecule has 0 spiro atoms. The van der Waals surface area contributed by atoms with Gasteiger partial charge in [0.15, 0.2) is 5.13 Å². The van der Waals surface area contributed by atoms with Gasteiger partial charge >= 0.3 is 0 Å². The third-order valence-corrected chi connectivity index (χ3v) is 6.36. The number of fused-ring (bicyclic) bond motifs is 1. The van der Waals surface area contributed by atoms with Crippen LogP contribution in [-0.4, -0.2) is 27.1 Å². The molecule has 3 aromatic rings. The summed E-state index contributed by atoms with van der Waals surface area (Å²) in [6.45, 7) is 9.99. The maximum Gasteiger partial charge on any atom is 0.256 e. The average molecular weight is 426 g/mol. The number of nitrogens with one attached hydrogen (secondary N) is 2. The van der Waals surface area contributed by atoms with Crippen molar-refractivity contribution >= 4 is 33.1 Å². The van der Waals surface area contributed by atoms with E-state index < -0.39 is 0 Å². The van der Waals surface area contributed by atoms with Gasteiger partial charge in [-0.05, 0) is 76.6 Å². The Morgan fingerprint density at radius 3 is 2.60 bits per heavy atom. The number of ether oxygens (including phenoxy) is 1. The summed E-state index contributed by atoms with van der Waals surface area (Å²) in [5, 5.41) is 5.12. The number of nitrogens with zero attached hydrogens (tertiary/aromatic N) is 1. The zero-order valence-electron chi connectivity index (χ0n) is 18.0. The average Bonchev–Trinajstić information content (AvgIpc) is 3.07. The van der Waals surface area contributed by atoms with Crippen LogP contribution in [-0.2, 0) is 9.53 Å². The van der Waals surface area contributed by atoms with E-state index in [4.69, 9.17) is 4.74 Å². The third kappa shape index (κ3) is 4.32. The number of H-pyrrole nitrogens is 1. The lowest BCUT2D eigenvalue weighted by Crippen LogP contribution is -2.48. The normalized spacial score (nSPS) is 18.4. The predicted octanol–water partition coefficient (Wildman–Crippen LogP) is 4.88. The number of pyridine rings is 1. The summed E-state index contributed by atoms with van der Waals surface area (Å²) in [7, 11) is 0. The van der Waals surface area contributed by atoms with Crippen LogP contribution in [0, 0.1) is 12.8 Å². The second kappa shape index (κ2) is 7.32. The van der Waals surface area contributed by atoms with E-state index in [1.165, 1.54) is 11.3 Å². The van der Waals surface area contributed by atoms with Gasteiger partial charge in [-0.3, -0.25) is 9.59 Å². The monoisotopic (exact) mass is 425 g/mol. The van der Waals surface area contributed by atoms with Crippen LogP contribution in [0.25, 0.3) is 21.2 Å². The Bertz CT molecular complexity index is 1160. The number of aryl methyl sites for hydroxylation is 1. The molecule has 1 aliphatic rings. The van der Waals surface area contributed by atoms with Crippen molar-refractivity contribution in [2.45, 2.75) is 58.7 Å². The number of thiazole rings is 1. The Hall–Kier alpha value is -2.51. The zero-order valence-corrected chi connectivity index (χ0v) is 18.8. The largest absolute Gasteiger partial charge is 0.370 e. The fraction of sp³-hybridized carbons (Fsp3) is 0.435. The van der Waals surface area contributed by atoms with Crippen LogP contribution in [0.2, 0.25) is 0 Å². The molecule has 0 unspecified atom stereocenters. The van der Waals surface area contributed by atoms with Crippen LogP contribution in [0.5, 0.6) is 0 Å². The van der Waals surface area contributed by atoms with E-state index in [0.29, 0.717) is 23.4 Å². The Balaban J connectivity index is 1.54. The standard InChI is InChI=1S/C23H27N3O3S/c1-13-8-15-9-14(6-7-17(15)20(28)25-13)18-12-24-21(30-18)26-19(27)16-10-22(2,3)29-23(4,5)11-16/h6-9,12,16H,10-11H2,1-5H3,(H,25,28)(H,24,26,27). The number of carbonyl (C=O) groups is 1. The summed E-state index contributed by atoms with van der Waals surface area (Å²) in [5.74, 6) is -0.132. The van der Waals surface area contributed by atoms with Crippen molar-refractivity contribution in [2.75, 3.05) is 5.32 Å². The minimum atomic E-state index is -0.334. The molecule has 2 N–H and O–H groups in total. The maximum absolute atomic E-state index is 12.9. The van der Waals surface area contributed by atoms with Crippen LogP contribution >= 0.6 is 11.3 Å². The molecule has 1 aromatic carbocycles. The number of carbonyl (C=O) groups excluding carboxylic acids is 1.